The Kier molecular flexibility index (Phi) is 12.7. The molecule has 0 saturated carbocycles. The summed E-state index contributed by atoms with van der Waals surface area (Å²) in [5, 5.41) is 62.7. The predicted octanol–water partition coefficient (Wildman–Crippen LogP) is 6.86. The third kappa shape index (κ3) is 8.23. The Morgan fingerprint density at radius 1 is 0.817 bits per heavy atom. The average Bonchev–Trinajstić information content (AvgIpc) is 3.77. The summed E-state index contributed by atoms with van der Waals surface area (Å²) < 4.78 is 11.3. The maximum Gasteiger partial charge on any atom is 0.164 e. The molecule has 0 spiro atoms. The lowest BCUT2D eigenvalue weighted by molar-refractivity contribution is -0.136. The fourth-order valence-corrected chi connectivity index (χ4v) is 9.19. The Hall–Kier alpha value is -6.07. The molecule has 7 rings (SSSR count). The number of nitrogens with one attached hydrogen (secondary N) is 1. The van der Waals surface area contributed by atoms with Crippen molar-refractivity contribution in [3.8, 4) is 28.7 Å². The fourth-order valence-electron chi connectivity index (χ4n) is 9.19. The number of rotatable bonds is 16. The van der Waals surface area contributed by atoms with Crippen molar-refractivity contribution in [2.75, 3.05) is 21.3 Å². The van der Waals surface area contributed by atoms with E-state index in [-0.39, 0.29) is 29.4 Å². The summed E-state index contributed by atoms with van der Waals surface area (Å²) >= 11 is 0. The van der Waals surface area contributed by atoms with E-state index in [1.807, 2.05) is 24.3 Å². The molecule has 0 radical (unpaired) electrons. The van der Waals surface area contributed by atoms with Crippen LogP contribution in [0.15, 0.2) is 116 Å². The van der Waals surface area contributed by atoms with Crippen molar-refractivity contribution < 1.29 is 39.8 Å². The first-order chi connectivity index (χ1) is 29.0. The lowest BCUT2D eigenvalue weighted by Crippen LogP contribution is -2.55. The summed E-state index contributed by atoms with van der Waals surface area (Å²) in [4.78, 5) is 19.8. The molecular formula is C50H53N2O8-. The zero-order valence-electron chi connectivity index (χ0n) is 34.4. The maximum absolute atomic E-state index is 15.5. The molecule has 0 saturated heterocycles. The standard InChI is InChI=1S/C50H53N2O8/c1-5-33-11-12-34-8-6-7-9-39(34)41(33)26-42-35(13-16-44(55)48(42)60-4)24-36(20-31-18-19-52-29-31)47(57)40-14-17-46(56)50(49(40)58,27-30-10-15-43(54)45(23-30)59-3)37-21-32(28-51-2)22-38(53)25-37/h6-19,21-23,25,29,36,40,46-47,51,53-57H,5,20,24,26-28H2,1-4H3/q-1/t36-,40-,46-,47-,50+/m0/s1. The molecule has 0 unspecified atom stereocenters. The number of aliphatic hydroxyl groups is 2. The van der Waals surface area contributed by atoms with Gasteiger partial charge in [0, 0.05) is 18.5 Å². The number of phenols is 3. The van der Waals surface area contributed by atoms with Crippen LogP contribution in [0.1, 0.15) is 51.4 Å². The van der Waals surface area contributed by atoms with E-state index in [2.05, 4.69) is 41.5 Å². The van der Waals surface area contributed by atoms with Crippen LogP contribution in [0.2, 0.25) is 0 Å². The van der Waals surface area contributed by atoms with Crippen LogP contribution in [0.4, 0.5) is 0 Å². The number of ketones is 1. The van der Waals surface area contributed by atoms with E-state index in [9.17, 15) is 25.5 Å². The normalized spacial score (nSPS) is 18.7. The van der Waals surface area contributed by atoms with E-state index in [4.69, 9.17) is 9.47 Å². The summed E-state index contributed by atoms with van der Waals surface area (Å²) in [5.41, 5.74) is 4.85. The number of hydrogen-bond donors (Lipinski definition) is 6. The number of carbonyl (C=O) groups excluding carboxylic acids is 1. The third-order valence-corrected chi connectivity index (χ3v) is 12.2. The van der Waals surface area contributed by atoms with Gasteiger partial charge in [0.05, 0.1) is 37.8 Å². The van der Waals surface area contributed by atoms with Gasteiger partial charge in [0.2, 0.25) is 0 Å². The number of Topliss-reactive ketones (excluding diaryl/α,β-unsaturated/α-hetero) is 1. The lowest BCUT2D eigenvalue weighted by atomic mass is 9.60. The molecule has 0 amide bonds. The fraction of sp³-hybridized carbons (Fsp3) is 0.300. The molecular weight excluding hydrogens is 757 g/mol. The van der Waals surface area contributed by atoms with Crippen LogP contribution in [0.25, 0.3) is 10.8 Å². The molecule has 0 bridgehead atoms. The molecule has 60 heavy (non-hydrogen) atoms. The number of benzene rings is 5. The average molecular weight is 810 g/mol. The number of phenolic OH excluding ortho intramolecular Hbond substituents is 3. The number of aryl methyl sites for hydroxylation is 1. The van der Waals surface area contributed by atoms with Crippen LogP contribution >= 0.6 is 0 Å². The highest BCUT2D eigenvalue weighted by Gasteiger charge is 2.52. The van der Waals surface area contributed by atoms with E-state index >= 15 is 4.79 Å². The van der Waals surface area contributed by atoms with Gasteiger partial charge in [0.25, 0.3) is 0 Å². The van der Waals surface area contributed by atoms with Crippen LogP contribution in [-0.4, -0.2) is 64.8 Å². The van der Waals surface area contributed by atoms with Gasteiger partial charge in [-0.1, -0.05) is 85.3 Å². The van der Waals surface area contributed by atoms with Gasteiger partial charge < -0.3 is 45.3 Å². The van der Waals surface area contributed by atoms with Crippen LogP contribution in [-0.2, 0) is 48.9 Å². The first-order valence-corrected chi connectivity index (χ1v) is 20.4. The van der Waals surface area contributed by atoms with E-state index in [0.717, 1.165) is 39.4 Å². The van der Waals surface area contributed by atoms with Crippen LogP contribution in [0, 0.1) is 11.8 Å². The number of fused-ring (bicyclic) bond motifs is 1. The second kappa shape index (κ2) is 18.0. The van der Waals surface area contributed by atoms with Crippen molar-refractivity contribution in [2.24, 2.45) is 11.8 Å². The Labute approximate surface area is 350 Å². The largest absolute Gasteiger partial charge is 0.670 e. The molecule has 10 heteroatoms. The summed E-state index contributed by atoms with van der Waals surface area (Å²) in [6.07, 6.45) is 5.95. The van der Waals surface area contributed by atoms with Gasteiger partial charge in [-0.15, -0.1) is 0 Å². The number of carbonyl (C=O) groups is 1. The number of hydrogen-bond acceptors (Lipinski definition) is 9. The molecule has 1 heterocycles. The summed E-state index contributed by atoms with van der Waals surface area (Å²) in [7, 11) is 4.75. The minimum Gasteiger partial charge on any atom is -0.670 e. The molecule has 1 aromatic heterocycles. The molecule has 0 aliphatic heterocycles. The summed E-state index contributed by atoms with van der Waals surface area (Å²) in [5.74, 6) is -1.63. The number of aliphatic hydroxyl groups excluding tert-OH is 2. The quantitative estimate of drug-likeness (QED) is 0.0570. The number of methoxy groups -OCH3 is 2. The Bertz CT molecular complexity index is 2490. The summed E-state index contributed by atoms with van der Waals surface area (Å²) in [6.45, 7) is 2.51. The molecule has 6 N–H and O–H groups in total. The van der Waals surface area contributed by atoms with Crippen LogP contribution in [0.3, 0.4) is 0 Å². The monoisotopic (exact) mass is 809 g/mol. The predicted molar refractivity (Wildman–Crippen MR) is 232 cm³/mol. The van der Waals surface area contributed by atoms with E-state index in [1.165, 1.54) is 31.9 Å². The van der Waals surface area contributed by atoms with Crippen molar-refractivity contribution in [3.63, 3.8) is 0 Å². The molecule has 5 atom stereocenters. The van der Waals surface area contributed by atoms with Crippen molar-refractivity contribution >= 4 is 16.6 Å². The van der Waals surface area contributed by atoms with E-state index in [1.54, 1.807) is 61.9 Å². The molecule has 0 fully saturated rings. The van der Waals surface area contributed by atoms with Gasteiger partial charge in [-0.2, -0.15) is 12.4 Å². The third-order valence-electron chi connectivity index (χ3n) is 12.2. The SMILES string of the molecule is CCc1ccc2ccccc2c1Cc1c(C[C@H](Cc2cc[n-]c2)[C@H](O)[C@@H]2C=C[C@H](O)[C@@](Cc3ccc(O)c(OC)c3)(c3cc(O)cc(CNC)c3)C2=O)ccc(O)c1OC. The first kappa shape index (κ1) is 42.1. The highest BCUT2D eigenvalue weighted by molar-refractivity contribution is 5.96. The van der Waals surface area contributed by atoms with Gasteiger partial charge >= 0.3 is 0 Å². The topological polar surface area (TPSA) is 163 Å². The van der Waals surface area contributed by atoms with Gasteiger partial charge in [-0.25, -0.2) is 0 Å². The Morgan fingerprint density at radius 2 is 1.60 bits per heavy atom. The van der Waals surface area contributed by atoms with Gasteiger partial charge in [0.15, 0.2) is 28.8 Å². The van der Waals surface area contributed by atoms with Gasteiger partial charge in [-0.05, 0) is 113 Å². The highest BCUT2D eigenvalue weighted by atomic mass is 16.5. The number of nitrogens with zero attached hydrogens (tertiary/aromatic N) is 1. The van der Waals surface area contributed by atoms with Crippen LogP contribution in [0.5, 0.6) is 28.7 Å². The Balaban J connectivity index is 1.33. The first-order valence-electron chi connectivity index (χ1n) is 20.4. The van der Waals surface area contributed by atoms with Crippen molar-refractivity contribution in [2.45, 2.75) is 63.2 Å². The summed E-state index contributed by atoms with van der Waals surface area (Å²) in [6, 6.07) is 27.6. The van der Waals surface area contributed by atoms with Gasteiger partial charge in [0.1, 0.15) is 5.75 Å². The minimum atomic E-state index is -1.66. The number of aromatic nitrogens is 1. The number of ether oxygens (including phenoxy) is 2. The molecule has 6 aromatic rings. The van der Waals surface area contributed by atoms with Gasteiger partial charge in [-0.3, -0.25) is 4.79 Å². The van der Waals surface area contributed by atoms with Crippen molar-refractivity contribution in [3.05, 3.63) is 160 Å². The van der Waals surface area contributed by atoms with Crippen LogP contribution < -0.4 is 19.8 Å². The van der Waals surface area contributed by atoms with E-state index < -0.39 is 35.2 Å². The maximum atomic E-state index is 15.5. The van der Waals surface area contributed by atoms with Crippen molar-refractivity contribution in [1.82, 2.24) is 10.3 Å². The molecule has 1 aliphatic rings. The second-order valence-corrected chi connectivity index (χ2v) is 15.8. The molecule has 1 aliphatic carbocycles. The zero-order chi connectivity index (χ0) is 42.6. The molecule has 10 nitrogen and oxygen atoms in total. The Morgan fingerprint density at radius 3 is 2.33 bits per heavy atom. The lowest BCUT2D eigenvalue weighted by Gasteiger charge is -2.43. The smallest absolute Gasteiger partial charge is 0.164 e. The molecule has 312 valence electrons. The highest BCUT2D eigenvalue weighted by Crippen LogP contribution is 2.45. The molecule has 5 aromatic carbocycles. The second-order valence-electron chi connectivity index (χ2n) is 15.8. The van der Waals surface area contributed by atoms with E-state index in [0.29, 0.717) is 48.2 Å². The number of aromatic hydroxyl groups is 3. The zero-order valence-corrected chi connectivity index (χ0v) is 34.4. The minimum absolute atomic E-state index is 0.00523. The van der Waals surface area contributed by atoms with Crippen molar-refractivity contribution in [1.29, 1.82) is 0 Å².